The number of hydrogen-bond acceptors (Lipinski definition) is 2. The van der Waals surface area contributed by atoms with Crippen molar-refractivity contribution in [3.63, 3.8) is 0 Å². The van der Waals surface area contributed by atoms with E-state index in [2.05, 4.69) is 15.9 Å². The molecule has 0 amide bonds. The Morgan fingerprint density at radius 1 is 1.20 bits per heavy atom. The summed E-state index contributed by atoms with van der Waals surface area (Å²) in [5.41, 5.74) is 8.33. The molecule has 0 aliphatic carbocycles. The van der Waals surface area contributed by atoms with Crippen molar-refractivity contribution in [2.24, 2.45) is 5.73 Å². The molecule has 2 aromatic carbocycles. The van der Waals surface area contributed by atoms with Gasteiger partial charge in [0.05, 0.1) is 6.04 Å². The molecule has 0 fully saturated rings. The zero-order chi connectivity index (χ0) is 14.3. The zero-order valence-corrected chi connectivity index (χ0v) is 12.4. The Kier molecular flexibility index (Phi) is 3.36. The van der Waals surface area contributed by atoms with Gasteiger partial charge in [-0.15, -0.1) is 0 Å². The SMILES string of the molecule is Cc1c(C(N)c2cc(Br)ccc2F)oc2ccccc12. The van der Waals surface area contributed by atoms with Crippen molar-refractivity contribution in [1.29, 1.82) is 0 Å². The molecule has 102 valence electrons. The summed E-state index contributed by atoms with van der Waals surface area (Å²) in [6.07, 6.45) is 0. The molecule has 0 aliphatic rings. The van der Waals surface area contributed by atoms with Crippen molar-refractivity contribution in [3.8, 4) is 0 Å². The monoisotopic (exact) mass is 333 g/mol. The number of halogens is 2. The summed E-state index contributed by atoms with van der Waals surface area (Å²) in [4.78, 5) is 0. The van der Waals surface area contributed by atoms with Gasteiger partial charge in [0, 0.05) is 21.0 Å². The Morgan fingerprint density at radius 3 is 2.70 bits per heavy atom. The fourth-order valence-electron chi connectivity index (χ4n) is 2.38. The smallest absolute Gasteiger partial charge is 0.134 e. The van der Waals surface area contributed by atoms with Gasteiger partial charge in [0.1, 0.15) is 17.2 Å². The molecule has 1 unspecified atom stereocenters. The van der Waals surface area contributed by atoms with E-state index in [-0.39, 0.29) is 5.82 Å². The van der Waals surface area contributed by atoms with Crippen LogP contribution in [0.2, 0.25) is 0 Å². The van der Waals surface area contributed by atoms with Crippen LogP contribution in [0.25, 0.3) is 11.0 Å². The molecule has 0 spiro atoms. The van der Waals surface area contributed by atoms with E-state index in [0.29, 0.717) is 11.3 Å². The van der Waals surface area contributed by atoms with Gasteiger partial charge in [-0.3, -0.25) is 0 Å². The van der Waals surface area contributed by atoms with Crippen molar-refractivity contribution in [1.82, 2.24) is 0 Å². The van der Waals surface area contributed by atoms with E-state index in [9.17, 15) is 4.39 Å². The molecule has 0 aliphatic heterocycles. The molecule has 3 aromatic rings. The molecule has 4 heteroatoms. The van der Waals surface area contributed by atoms with Gasteiger partial charge in [-0.05, 0) is 31.2 Å². The number of fused-ring (bicyclic) bond motifs is 1. The Balaban J connectivity index is 2.15. The van der Waals surface area contributed by atoms with Crippen LogP contribution in [-0.2, 0) is 0 Å². The molecule has 1 atom stereocenters. The Hall–Kier alpha value is -1.65. The maximum absolute atomic E-state index is 14.0. The summed E-state index contributed by atoms with van der Waals surface area (Å²) in [6.45, 7) is 1.94. The first-order valence-electron chi connectivity index (χ1n) is 6.26. The first kappa shape index (κ1) is 13.3. The van der Waals surface area contributed by atoms with E-state index in [1.165, 1.54) is 6.07 Å². The molecular weight excluding hydrogens is 321 g/mol. The highest BCUT2D eigenvalue weighted by molar-refractivity contribution is 9.10. The maximum Gasteiger partial charge on any atom is 0.134 e. The van der Waals surface area contributed by atoms with E-state index >= 15 is 0 Å². The van der Waals surface area contributed by atoms with Gasteiger partial charge in [0.15, 0.2) is 0 Å². The molecular formula is C16H13BrFNO. The number of hydrogen-bond donors (Lipinski definition) is 1. The number of aryl methyl sites for hydroxylation is 1. The van der Waals surface area contributed by atoms with Crippen molar-refractivity contribution < 1.29 is 8.81 Å². The molecule has 0 radical (unpaired) electrons. The van der Waals surface area contributed by atoms with Crippen LogP contribution in [0.15, 0.2) is 51.4 Å². The van der Waals surface area contributed by atoms with Gasteiger partial charge in [0.25, 0.3) is 0 Å². The second kappa shape index (κ2) is 5.04. The molecule has 0 saturated heterocycles. The summed E-state index contributed by atoms with van der Waals surface area (Å²) in [7, 11) is 0. The predicted molar refractivity (Wildman–Crippen MR) is 81.1 cm³/mol. The third-order valence-corrected chi connectivity index (χ3v) is 3.95. The Labute approximate surface area is 124 Å². The summed E-state index contributed by atoms with van der Waals surface area (Å²) < 4.78 is 20.5. The van der Waals surface area contributed by atoms with Gasteiger partial charge >= 0.3 is 0 Å². The van der Waals surface area contributed by atoms with Crippen LogP contribution < -0.4 is 5.73 Å². The molecule has 20 heavy (non-hydrogen) atoms. The second-order valence-corrected chi connectivity index (χ2v) is 5.65. The molecule has 1 heterocycles. The van der Waals surface area contributed by atoms with E-state index in [1.54, 1.807) is 12.1 Å². The number of benzene rings is 2. The normalized spacial score (nSPS) is 12.8. The average molecular weight is 334 g/mol. The van der Waals surface area contributed by atoms with Crippen molar-refractivity contribution in [2.75, 3.05) is 0 Å². The van der Waals surface area contributed by atoms with Crippen LogP contribution in [-0.4, -0.2) is 0 Å². The molecule has 0 bridgehead atoms. The van der Waals surface area contributed by atoms with Gasteiger partial charge in [-0.1, -0.05) is 34.1 Å². The summed E-state index contributed by atoms with van der Waals surface area (Å²) in [5, 5.41) is 1.01. The predicted octanol–water partition coefficient (Wildman–Crippen LogP) is 4.69. The van der Waals surface area contributed by atoms with E-state index < -0.39 is 6.04 Å². The fourth-order valence-corrected chi connectivity index (χ4v) is 2.76. The topological polar surface area (TPSA) is 39.2 Å². The minimum Gasteiger partial charge on any atom is -0.459 e. The van der Waals surface area contributed by atoms with E-state index in [1.807, 2.05) is 31.2 Å². The zero-order valence-electron chi connectivity index (χ0n) is 10.9. The lowest BCUT2D eigenvalue weighted by molar-refractivity contribution is 0.506. The van der Waals surface area contributed by atoms with Gasteiger partial charge < -0.3 is 10.2 Å². The Bertz CT molecular complexity index is 781. The molecule has 2 N–H and O–H groups in total. The van der Waals surface area contributed by atoms with Crippen molar-refractivity contribution >= 4 is 26.9 Å². The number of furan rings is 1. The number of rotatable bonds is 2. The quantitative estimate of drug-likeness (QED) is 0.738. The third-order valence-electron chi connectivity index (χ3n) is 3.46. The van der Waals surface area contributed by atoms with Crippen LogP contribution >= 0.6 is 15.9 Å². The van der Waals surface area contributed by atoms with Gasteiger partial charge in [-0.2, -0.15) is 0 Å². The fraction of sp³-hybridized carbons (Fsp3) is 0.125. The van der Waals surface area contributed by atoms with Crippen molar-refractivity contribution in [3.05, 3.63) is 69.6 Å². The summed E-state index contributed by atoms with van der Waals surface area (Å²) >= 11 is 3.34. The van der Waals surface area contributed by atoms with Crippen LogP contribution in [0.4, 0.5) is 4.39 Å². The first-order chi connectivity index (χ1) is 9.58. The molecule has 1 aromatic heterocycles. The Morgan fingerprint density at radius 2 is 1.95 bits per heavy atom. The minimum absolute atomic E-state index is 0.333. The lowest BCUT2D eigenvalue weighted by Gasteiger charge is -2.12. The van der Waals surface area contributed by atoms with Crippen LogP contribution in [0.3, 0.4) is 0 Å². The van der Waals surface area contributed by atoms with E-state index in [4.69, 9.17) is 10.2 Å². The van der Waals surface area contributed by atoms with Gasteiger partial charge in [0.2, 0.25) is 0 Å². The second-order valence-electron chi connectivity index (χ2n) is 4.73. The highest BCUT2D eigenvalue weighted by Gasteiger charge is 2.21. The summed E-state index contributed by atoms with van der Waals surface area (Å²) in [6, 6.07) is 11.8. The average Bonchev–Trinajstić information content (AvgIpc) is 2.79. The summed E-state index contributed by atoms with van der Waals surface area (Å²) in [5.74, 6) is 0.267. The van der Waals surface area contributed by atoms with Crippen LogP contribution in [0.5, 0.6) is 0 Å². The first-order valence-corrected chi connectivity index (χ1v) is 7.06. The van der Waals surface area contributed by atoms with Crippen LogP contribution in [0, 0.1) is 12.7 Å². The highest BCUT2D eigenvalue weighted by Crippen LogP contribution is 2.33. The molecule has 2 nitrogen and oxygen atoms in total. The standard InChI is InChI=1S/C16H13BrFNO/c1-9-11-4-2-3-5-14(11)20-16(9)15(19)12-8-10(17)6-7-13(12)18/h2-8,15H,19H2,1H3. The van der Waals surface area contributed by atoms with Crippen LogP contribution in [0.1, 0.15) is 22.9 Å². The van der Waals surface area contributed by atoms with Gasteiger partial charge in [-0.25, -0.2) is 4.39 Å². The largest absolute Gasteiger partial charge is 0.459 e. The third kappa shape index (κ3) is 2.15. The highest BCUT2D eigenvalue weighted by atomic mass is 79.9. The maximum atomic E-state index is 14.0. The van der Waals surface area contributed by atoms with E-state index in [0.717, 1.165) is 21.0 Å². The molecule has 3 rings (SSSR count). The number of nitrogens with two attached hydrogens (primary N) is 1. The minimum atomic E-state index is -0.625. The molecule has 0 saturated carbocycles. The number of para-hydroxylation sites is 1. The lowest BCUT2D eigenvalue weighted by atomic mass is 10.0. The lowest BCUT2D eigenvalue weighted by Crippen LogP contribution is -2.14. The van der Waals surface area contributed by atoms with Crippen molar-refractivity contribution in [2.45, 2.75) is 13.0 Å².